The maximum atomic E-state index is 13.5. The summed E-state index contributed by atoms with van der Waals surface area (Å²) >= 11 is 0. The fourth-order valence-electron chi connectivity index (χ4n) is 2.11. The molecular formula is C13H20FN3. The molecule has 1 aromatic carbocycles. The van der Waals surface area contributed by atoms with E-state index in [1.54, 1.807) is 6.07 Å². The number of rotatable bonds is 2. The molecule has 0 unspecified atom stereocenters. The second-order valence-corrected chi connectivity index (χ2v) is 4.82. The Morgan fingerprint density at radius 2 is 1.82 bits per heavy atom. The standard InChI is InChI=1S/C13H20FN3/c1-10(15)11-7-12(14)9-13(8-11)17-5-3-16(2)4-6-17/h7-10H,3-6,15H2,1-2H3/t10-/m1/s1. The molecule has 0 amide bonds. The van der Waals surface area contributed by atoms with Crippen LogP contribution in [-0.4, -0.2) is 38.1 Å². The van der Waals surface area contributed by atoms with Crippen molar-refractivity contribution in [3.8, 4) is 0 Å². The van der Waals surface area contributed by atoms with Gasteiger partial charge in [-0.1, -0.05) is 0 Å². The zero-order valence-electron chi connectivity index (χ0n) is 10.5. The first kappa shape index (κ1) is 12.3. The van der Waals surface area contributed by atoms with E-state index in [9.17, 15) is 4.39 Å². The minimum absolute atomic E-state index is 0.128. The van der Waals surface area contributed by atoms with Gasteiger partial charge >= 0.3 is 0 Å². The lowest BCUT2D eigenvalue weighted by molar-refractivity contribution is 0.312. The molecular weight excluding hydrogens is 217 g/mol. The molecule has 0 radical (unpaired) electrons. The van der Waals surface area contributed by atoms with Crippen molar-refractivity contribution in [1.29, 1.82) is 0 Å². The van der Waals surface area contributed by atoms with Crippen LogP contribution in [0.1, 0.15) is 18.5 Å². The zero-order valence-corrected chi connectivity index (χ0v) is 10.5. The van der Waals surface area contributed by atoms with E-state index >= 15 is 0 Å². The van der Waals surface area contributed by atoms with Gasteiger partial charge in [-0.3, -0.25) is 0 Å². The Morgan fingerprint density at radius 3 is 2.41 bits per heavy atom. The Balaban J connectivity index is 2.20. The van der Waals surface area contributed by atoms with Gasteiger partial charge in [0.2, 0.25) is 0 Å². The fourth-order valence-corrected chi connectivity index (χ4v) is 2.11. The normalized spacial score (nSPS) is 19.4. The molecule has 2 N–H and O–H groups in total. The molecule has 0 saturated carbocycles. The quantitative estimate of drug-likeness (QED) is 0.848. The van der Waals surface area contributed by atoms with Crippen molar-refractivity contribution in [1.82, 2.24) is 4.90 Å². The molecule has 1 fully saturated rings. The molecule has 3 nitrogen and oxygen atoms in total. The van der Waals surface area contributed by atoms with Crippen LogP contribution < -0.4 is 10.6 Å². The Labute approximate surface area is 102 Å². The highest BCUT2D eigenvalue weighted by atomic mass is 19.1. The lowest BCUT2D eigenvalue weighted by atomic mass is 10.1. The van der Waals surface area contributed by atoms with Gasteiger partial charge in [0, 0.05) is 37.9 Å². The van der Waals surface area contributed by atoms with Gasteiger partial charge in [-0.15, -0.1) is 0 Å². The summed E-state index contributed by atoms with van der Waals surface area (Å²) in [6, 6.07) is 4.98. The van der Waals surface area contributed by atoms with Gasteiger partial charge in [0.15, 0.2) is 0 Å². The van der Waals surface area contributed by atoms with Crippen LogP contribution in [-0.2, 0) is 0 Å². The number of halogens is 1. The molecule has 94 valence electrons. The first-order valence-corrected chi connectivity index (χ1v) is 6.06. The smallest absolute Gasteiger partial charge is 0.125 e. The monoisotopic (exact) mass is 237 g/mol. The molecule has 0 bridgehead atoms. The molecule has 0 spiro atoms. The van der Waals surface area contributed by atoms with Gasteiger partial charge in [-0.05, 0) is 37.7 Å². The number of nitrogens with zero attached hydrogens (tertiary/aromatic N) is 2. The Kier molecular flexibility index (Phi) is 3.64. The minimum Gasteiger partial charge on any atom is -0.369 e. The first-order valence-electron chi connectivity index (χ1n) is 6.06. The van der Waals surface area contributed by atoms with E-state index in [2.05, 4.69) is 16.8 Å². The molecule has 2 rings (SSSR count). The van der Waals surface area contributed by atoms with Crippen molar-refractivity contribution in [3.63, 3.8) is 0 Å². The summed E-state index contributed by atoms with van der Waals surface area (Å²) < 4.78 is 13.5. The molecule has 1 aliphatic rings. The number of likely N-dealkylation sites (N-methyl/N-ethyl adjacent to an activating group) is 1. The number of anilines is 1. The predicted octanol–water partition coefficient (Wildman–Crippen LogP) is 1.60. The maximum Gasteiger partial charge on any atom is 0.125 e. The third-order valence-electron chi connectivity index (χ3n) is 3.30. The van der Waals surface area contributed by atoms with Crippen LogP contribution in [0, 0.1) is 5.82 Å². The summed E-state index contributed by atoms with van der Waals surface area (Å²) in [5.41, 5.74) is 7.62. The first-order chi connectivity index (χ1) is 8.06. The second-order valence-electron chi connectivity index (χ2n) is 4.82. The molecule has 1 saturated heterocycles. The highest BCUT2D eigenvalue weighted by Crippen LogP contribution is 2.22. The van der Waals surface area contributed by atoms with Crippen molar-refractivity contribution in [2.45, 2.75) is 13.0 Å². The Hall–Kier alpha value is -1.13. The molecule has 0 aromatic heterocycles. The topological polar surface area (TPSA) is 32.5 Å². The van der Waals surface area contributed by atoms with E-state index in [4.69, 9.17) is 5.73 Å². The average Bonchev–Trinajstić information content (AvgIpc) is 2.29. The third kappa shape index (κ3) is 2.96. The zero-order chi connectivity index (χ0) is 12.4. The third-order valence-corrected chi connectivity index (χ3v) is 3.30. The predicted molar refractivity (Wildman–Crippen MR) is 68.7 cm³/mol. The van der Waals surface area contributed by atoms with Crippen LogP contribution in [0.3, 0.4) is 0 Å². The minimum atomic E-state index is -0.200. The Morgan fingerprint density at radius 1 is 1.18 bits per heavy atom. The van der Waals surface area contributed by atoms with Crippen LogP contribution in [0.15, 0.2) is 18.2 Å². The fraction of sp³-hybridized carbons (Fsp3) is 0.538. The van der Waals surface area contributed by atoms with E-state index in [1.165, 1.54) is 6.07 Å². The molecule has 17 heavy (non-hydrogen) atoms. The van der Waals surface area contributed by atoms with Crippen molar-refractivity contribution in [2.24, 2.45) is 5.73 Å². The lowest BCUT2D eigenvalue weighted by Gasteiger charge is -2.34. The summed E-state index contributed by atoms with van der Waals surface area (Å²) in [4.78, 5) is 4.50. The van der Waals surface area contributed by atoms with Crippen LogP contribution in [0.2, 0.25) is 0 Å². The van der Waals surface area contributed by atoms with Crippen molar-refractivity contribution >= 4 is 5.69 Å². The SMILES string of the molecule is C[C@@H](N)c1cc(F)cc(N2CCN(C)CC2)c1. The van der Waals surface area contributed by atoms with Gasteiger partial charge in [-0.25, -0.2) is 4.39 Å². The van der Waals surface area contributed by atoms with E-state index < -0.39 is 0 Å². The summed E-state index contributed by atoms with van der Waals surface area (Å²) in [6.45, 7) is 5.80. The van der Waals surface area contributed by atoms with Crippen LogP contribution in [0.25, 0.3) is 0 Å². The second kappa shape index (κ2) is 5.02. The van der Waals surface area contributed by atoms with E-state index in [0.29, 0.717) is 0 Å². The summed E-state index contributed by atoms with van der Waals surface area (Å²) in [6.07, 6.45) is 0. The van der Waals surface area contributed by atoms with Crippen molar-refractivity contribution in [2.75, 3.05) is 38.1 Å². The lowest BCUT2D eigenvalue weighted by Crippen LogP contribution is -2.44. The summed E-state index contributed by atoms with van der Waals surface area (Å²) in [5.74, 6) is -0.200. The maximum absolute atomic E-state index is 13.5. The highest BCUT2D eigenvalue weighted by Gasteiger charge is 2.16. The van der Waals surface area contributed by atoms with Gasteiger partial charge < -0.3 is 15.5 Å². The number of hydrogen-bond donors (Lipinski definition) is 1. The average molecular weight is 237 g/mol. The highest BCUT2D eigenvalue weighted by molar-refractivity contribution is 5.50. The number of nitrogens with two attached hydrogens (primary N) is 1. The number of benzene rings is 1. The van der Waals surface area contributed by atoms with Crippen molar-refractivity contribution < 1.29 is 4.39 Å². The molecule has 1 heterocycles. The van der Waals surface area contributed by atoms with Gasteiger partial charge in [-0.2, -0.15) is 0 Å². The van der Waals surface area contributed by atoms with Gasteiger partial charge in [0.1, 0.15) is 5.82 Å². The molecule has 0 aliphatic carbocycles. The van der Waals surface area contributed by atoms with E-state index in [-0.39, 0.29) is 11.9 Å². The summed E-state index contributed by atoms with van der Waals surface area (Å²) in [7, 11) is 2.11. The van der Waals surface area contributed by atoms with Crippen LogP contribution in [0.4, 0.5) is 10.1 Å². The van der Waals surface area contributed by atoms with Crippen LogP contribution >= 0.6 is 0 Å². The van der Waals surface area contributed by atoms with Crippen LogP contribution in [0.5, 0.6) is 0 Å². The van der Waals surface area contributed by atoms with Gasteiger partial charge in [0.05, 0.1) is 0 Å². The number of hydrogen-bond acceptors (Lipinski definition) is 3. The molecule has 1 aliphatic heterocycles. The van der Waals surface area contributed by atoms with Gasteiger partial charge in [0.25, 0.3) is 0 Å². The summed E-state index contributed by atoms with van der Waals surface area (Å²) in [5, 5.41) is 0. The van der Waals surface area contributed by atoms with Crippen molar-refractivity contribution in [3.05, 3.63) is 29.6 Å². The Bertz CT molecular complexity index is 384. The van der Waals surface area contributed by atoms with E-state index in [1.807, 2.05) is 13.0 Å². The number of piperazine rings is 1. The van der Waals surface area contributed by atoms with E-state index in [0.717, 1.165) is 37.4 Å². The molecule has 1 aromatic rings. The molecule has 1 atom stereocenters. The largest absolute Gasteiger partial charge is 0.369 e. The molecule has 4 heteroatoms.